The van der Waals surface area contributed by atoms with E-state index in [-0.39, 0.29) is 12.5 Å². The number of unbranched alkanes of at least 4 members (excludes halogenated alkanes) is 25. The average Bonchev–Trinajstić information content (AvgIpc) is 2.96. The molecular formula is C36H71NO3. The Labute approximate surface area is 250 Å². The molecule has 0 saturated heterocycles. The Balaban J connectivity index is 3.45. The normalized spacial score (nSPS) is 13.2. The summed E-state index contributed by atoms with van der Waals surface area (Å²) in [7, 11) is 0. The molecule has 40 heavy (non-hydrogen) atoms. The molecule has 238 valence electrons. The molecule has 0 fully saturated rings. The van der Waals surface area contributed by atoms with E-state index < -0.39 is 12.1 Å². The Bertz CT molecular complexity index is 536. The van der Waals surface area contributed by atoms with E-state index in [9.17, 15) is 15.0 Å². The van der Waals surface area contributed by atoms with Gasteiger partial charge in [0.2, 0.25) is 5.91 Å². The van der Waals surface area contributed by atoms with E-state index in [0.717, 1.165) is 32.1 Å². The summed E-state index contributed by atoms with van der Waals surface area (Å²) in [6.45, 7) is 4.22. The van der Waals surface area contributed by atoms with Crippen LogP contribution in [-0.2, 0) is 4.79 Å². The summed E-state index contributed by atoms with van der Waals surface area (Å²) in [5.74, 6) is -0.0765. The minimum atomic E-state index is -0.830. The molecule has 1 amide bonds. The number of nitrogens with one attached hydrogen (secondary N) is 1. The molecule has 0 aliphatic rings. The maximum Gasteiger partial charge on any atom is 0.220 e. The Hall–Kier alpha value is -0.870. The van der Waals surface area contributed by atoms with Crippen LogP contribution in [0.15, 0.2) is 12.2 Å². The lowest BCUT2D eigenvalue weighted by molar-refractivity contribution is -0.123. The van der Waals surface area contributed by atoms with Gasteiger partial charge in [-0.25, -0.2) is 0 Å². The first-order chi connectivity index (χ1) is 19.7. The van der Waals surface area contributed by atoms with E-state index in [2.05, 4.69) is 19.2 Å². The van der Waals surface area contributed by atoms with E-state index >= 15 is 0 Å². The van der Waals surface area contributed by atoms with Crippen LogP contribution in [0.4, 0.5) is 0 Å². The standard InChI is InChI=1S/C36H71NO3/c1-3-5-7-9-10-11-12-13-14-15-16-17-18-19-20-21-22-23-24-25-26-28-29-31-35(39)34(33-38)37-36(40)32-30-27-8-6-4-2/h29,31,34-35,38-39H,3-28,30,32-33H2,1-2H3,(H,37,40)/b31-29+. The molecule has 0 aromatic carbocycles. The molecule has 4 nitrogen and oxygen atoms in total. The molecule has 0 rings (SSSR count). The molecule has 2 unspecified atom stereocenters. The number of carbonyl (C=O) groups is 1. The predicted octanol–water partition coefficient (Wildman–Crippen LogP) is 10.3. The lowest BCUT2D eigenvalue weighted by Gasteiger charge is -2.20. The van der Waals surface area contributed by atoms with Gasteiger partial charge in [-0.15, -0.1) is 0 Å². The van der Waals surface area contributed by atoms with Crippen molar-refractivity contribution in [2.24, 2.45) is 0 Å². The molecule has 0 heterocycles. The van der Waals surface area contributed by atoms with Gasteiger partial charge < -0.3 is 15.5 Å². The summed E-state index contributed by atoms with van der Waals surface area (Å²) in [5, 5.41) is 22.7. The molecule has 0 radical (unpaired) electrons. The molecule has 0 bridgehead atoms. The van der Waals surface area contributed by atoms with Gasteiger partial charge in [0.05, 0.1) is 18.8 Å². The molecule has 0 saturated carbocycles. The topological polar surface area (TPSA) is 69.6 Å². The lowest BCUT2D eigenvalue weighted by Crippen LogP contribution is -2.45. The summed E-state index contributed by atoms with van der Waals surface area (Å²) in [4.78, 5) is 12.1. The van der Waals surface area contributed by atoms with Gasteiger partial charge in [-0.3, -0.25) is 4.79 Å². The van der Waals surface area contributed by atoms with Crippen LogP contribution in [0.25, 0.3) is 0 Å². The Morgan fingerprint density at radius 1 is 0.575 bits per heavy atom. The van der Waals surface area contributed by atoms with Crippen molar-refractivity contribution in [3.63, 3.8) is 0 Å². The number of aliphatic hydroxyl groups is 2. The quantitative estimate of drug-likeness (QED) is 0.0561. The highest BCUT2D eigenvalue weighted by Gasteiger charge is 2.17. The second kappa shape index (κ2) is 32.6. The second-order valence-electron chi connectivity index (χ2n) is 12.3. The molecule has 0 aliphatic carbocycles. The van der Waals surface area contributed by atoms with Crippen molar-refractivity contribution in [2.45, 2.75) is 206 Å². The minimum absolute atomic E-state index is 0.0765. The van der Waals surface area contributed by atoms with Crippen molar-refractivity contribution in [3.8, 4) is 0 Å². The molecule has 2 atom stereocenters. The van der Waals surface area contributed by atoms with Gasteiger partial charge in [0.1, 0.15) is 0 Å². The van der Waals surface area contributed by atoms with Gasteiger partial charge in [0.15, 0.2) is 0 Å². The minimum Gasteiger partial charge on any atom is -0.394 e. The molecule has 0 spiro atoms. The van der Waals surface area contributed by atoms with Gasteiger partial charge >= 0.3 is 0 Å². The van der Waals surface area contributed by atoms with Gasteiger partial charge in [-0.1, -0.05) is 180 Å². The van der Waals surface area contributed by atoms with E-state index in [1.165, 1.54) is 141 Å². The SMILES string of the molecule is CCCCCCCCCCCCCCCCCCCCCCC/C=C/C(O)C(CO)NC(=O)CCCCCCC. The van der Waals surface area contributed by atoms with Crippen molar-refractivity contribution >= 4 is 5.91 Å². The third kappa shape index (κ3) is 28.7. The van der Waals surface area contributed by atoms with E-state index in [1.807, 2.05) is 6.08 Å². The number of aliphatic hydroxyl groups excluding tert-OH is 2. The zero-order chi connectivity index (χ0) is 29.4. The fourth-order valence-corrected chi connectivity index (χ4v) is 5.47. The highest BCUT2D eigenvalue weighted by atomic mass is 16.3. The average molecular weight is 566 g/mol. The fraction of sp³-hybridized carbons (Fsp3) is 0.917. The molecule has 0 aliphatic heterocycles. The van der Waals surface area contributed by atoms with E-state index in [4.69, 9.17) is 0 Å². The third-order valence-corrected chi connectivity index (χ3v) is 8.27. The molecular weight excluding hydrogens is 494 g/mol. The van der Waals surface area contributed by atoms with Crippen LogP contribution >= 0.6 is 0 Å². The first-order valence-corrected chi connectivity index (χ1v) is 17.9. The maximum absolute atomic E-state index is 12.1. The van der Waals surface area contributed by atoms with Crippen LogP contribution < -0.4 is 5.32 Å². The number of hydrogen-bond donors (Lipinski definition) is 3. The Morgan fingerprint density at radius 3 is 1.30 bits per heavy atom. The van der Waals surface area contributed by atoms with Crippen LogP contribution in [0.1, 0.15) is 194 Å². The highest BCUT2D eigenvalue weighted by Crippen LogP contribution is 2.15. The largest absolute Gasteiger partial charge is 0.394 e. The van der Waals surface area contributed by atoms with Crippen LogP contribution in [0.5, 0.6) is 0 Å². The Kier molecular flexibility index (Phi) is 31.9. The number of allylic oxidation sites excluding steroid dienone is 1. The first kappa shape index (κ1) is 39.1. The number of carbonyl (C=O) groups excluding carboxylic acids is 1. The fourth-order valence-electron chi connectivity index (χ4n) is 5.47. The van der Waals surface area contributed by atoms with Crippen LogP contribution in [-0.4, -0.2) is 34.9 Å². The van der Waals surface area contributed by atoms with Gasteiger partial charge in [-0.05, 0) is 19.3 Å². The second-order valence-corrected chi connectivity index (χ2v) is 12.3. The van der Waals surface area contributed by atoms with Crippen LogP contribution in [0.3, 0.4) is 0 Å². The van der Waals surface area contributed by atoms with Crippen molar-refractivity contribution < 1.29 is 15.0 Å². The van der Waals surface area contributed by atoms with Crippen molar-refractivity contribution in [1.29, 1.82) is 0 Å². The van der Waals surface area contributed by atoms with Crippen molar-refractivity contribution in [1.82, 2.24) is 5.32 Å². The van der Waals surface area contributed by atoms with Crippen molar-refractivity contribution in [2.75, 3.05) is 6.61 Å². The molecule has 0 aromatic rings. The highest BCUT2D eigenvalue weighted by molar-refractivity contribution is 5.76. The molecule has 3 N–H and O–H groups in total. The maximum atomic E-state index is 12.1. The van der Waals surface area contributed by atoms with Crippen molar-refractivity contribution in [3.05, 3.63) is 12.2 Å². The Morgan fingerprint density at radius 2 is 0.925 bits per heavy atom. The summed E-state index contributed by atoms with van der Waals surface area (Å²) in [6, 6.07) is -0.612. The van der Waals surface area contributed by atoms with E-state index in [1.54, 1.807) is 6.08 Å². The number of rotatable bonds is 32. The van der Waals surface area contributed by atoms with E-state index in [0.29, 0.717) is 6.42 Å². The lowest BCUT2D eigenvalue weighted by atomic mass is 10.0. The molecule has 4 heteroatoms. The molecule has 0 aromatic heterocycles. The first-order valence-electron chi connectivity index (χ1n) is 17.9. The smallest absolute Gasteiger partial charge is 0.220 e. The summed E-state index contributed by atoms with van der Waals surface area (Å²) < 4.78 is 0. The predicted molar refractivity (Wildman–Crippen MR) is 175 cm³/mol. The summed E-state index contributed by atoms with van der Waals surface area (Å²) >= 11 is 0. The zero-order valence-corrected chi connectivity index (χ0v) is 27.1. The van der Waals surface area contributed by atoms with Crippen LogP contribution in [0, 0.1) is 0 Å². The summed E-state index contributed by atoms with van der Waals surface area (Å²) in [6.07, 6.45) is 39.1. The zero-order valence-electron chi connectivity index (χ0n) is 27.1. The van der Waals surface area contributed by atoms with Crippen LogP contribution in [0.2, 0.25) is 0 Å². The number of amides is 1. The van der Waals surface area contributed by atoms with Gasteiger partial charge in [0.25, 0.3) is 0 Å². The van der Waals surface area contributed by atoms with Gasteiger partial charge in [0, 0.05) is 6.42 Å². The summed E-state index contributed by atoms with van der Waals surface area (Å²) in [5.41, 5.74) is 0. The third-order valence-electron chi connectivity index (χ3n) is 8.27. The monoisotopic (exact) mass is 566 g/mol. The van der Waals surface area contributed by atoms with Gasteiger partial charge in [-0.2, -0.15) is 0 Å². The number of hydrogen-bond acceptors (Lipinski definition) is 3.